The van der Waals surface area contributed by atoms with E-state index in [1.807, 2.05) is 19.1 Å². The molecule has 1 N–H and O–H groups in total. The maximum atomic E-state index is 13.4. The molecule has 6 nitrogen and oxygen atoms in total. The Hall–Kier alpha value is -2.69. The minimum absolute atomic E-state index is 0.295. The minimum atomic E-state index is -3.78. The average molecular weight is 412 g/mol. The summed E-state index contributed by atoms with van der Waals surface area (Å²) in [7, 11) is -3.78. The predicted octanol–water partition coefficient (Wildman–Crippen LogP) is 3.47. The van der Waals surface area contributed by atoms with Crippen LogP contribution in [0, 0.1) is 32.1 Å². The van der Waals surface area contributed by atoms with Crippen LogP contribution in [-0.2, 0) is 21.2 Å². The summed E-state index contributed by atoms with van der Waals surface area (Å²) < 4.78 is 28.1. The van der Waals surface area contributed by atoms with Crippen molar-refractivity contribution in [2.45, 2.75) is 51.0 Å². The monoisotopic (exact) mass is 411 g/mol. The van der Waals surface area contributed by atoms with Crippen LogP contribution >= 0.6 is 0 Å². The van der Waals surface area contributed by atoms with Crippen molar-refractivity contribution in [3.05, 3.63) is 58.7 Å². The molecule has 2 aromatic rings. The van der Waals surface area contributed by atoms with Gasteiger partial charge in [0.2, 0.25) is 15.9 Å². The average Bonchev–Trinajstić information content (AvgIpc) is 3.13. The van der Waals surface area contributed by atoms with Crippen LogP contribution in [-0.4, -0.2) is 31.2 Å². The lowest BCUT2D eigenvalue weighted by Crippen LogP contribution is -2.43. The fraction of sp³-hybridized carbons (Fsp3) is 0.364. The molecule has 29 heavy (non-hydrogen) atoms. The number of hydrogen-bond acceptors (Lipinski definition) is 4. The number of sulfonamides is 1. The van der Waals surface area contributed by atoms with Crippen LogP contribution in [0.3, 0.4) is 0 Å². The van der Waals surface area contributed by atoms with E-state index >= 15 is 0 Å². The second-order valence-electron chi connectivity index (χ2n) is 7.52. The molecule has 0 aromatic heterocycles. The smallest absolute Gasteiger partial charge is 0.244 e. The van der Waals surface area contributed by atoms with Gasteiger partial charge in [-0.1, -0.05) is 29.8 Å². The fourth-order valence-electron chi connectivity index (χ4n) is 4.00. The molecular weight excluding hydrogens is 386 g/mol. The van der Waals surface area contributed by atoms with Crippen molar-refractivity contribution in [3.63, 3.8) is 0 Å². The Morgan fingerprint density at radius 2 is 1.79 bits per heavy atom. The molecule has 0 bridgehead atoms. The molecule has 1 aliphatic heterocycles. The number of nitriles is 1. The standard InChI is InChI=1S/C22H25N3O3S/c1-15-13-16(2)21(17(3)14-15)29(27,28)25-12-4-5-20(25)22(26)24-19-8-6-18(7-9-19)10-11-23/h6-9,13-14,20H,4-5,10,12H2,1-3H3,(H,24,26). The van der Waals surface area contributed by atoms with Crippen LogP contribution in [0.15, 0.2) is 41.3 Å². The predicted molar refractivity (Wildman–Crippen MR) is 112 cm³/mol. The first-order valence-corrected chi connectivity index (χ1v) is 11.0. The molecule has 1 saturated heterocycles. The number of anilines is 1. The minimum Gasteiger partial charge on any atom is -0.325 e. The Balaban J connectivity index is 1.84. The third-order valence-electron chi connectivity index (χ3n) is 5.18. The number of aryl methyl sites for hydroxylation is 3. The normalized spacial score (nSPS) is 17.1. The summed E-state index contributed by atoms with van der Waals surface area (Å²) >= 11 is 0. The van der Waals surface area contributed by atoms with Crippen molar-refractivity contribution in [2.75, 3.05) is 11.9 Å². The molecule has 2 aromatic carbocycles. The lowest BCUT2D eigenvalue weighted by atomic mass is 10.1. The molecule has 1 fully saturated rings. The first-order valence-electron chi connectivity index (χ1n) is 9.60. The van der Waals surface area contributed by atoms with Gasteiger partial charge in [-0.15, -0.1) is 0 Å². The number of hydrogen-bond donors (Lipinski definition) is 1. The SMILES string of the molecule is Cc1cc(C)c(S(=O)(=O)N2CCCC2C(=O)Nc2ccc(CC#N)cc2)c(C)c1. The summed E-state index contributed by atoms with van der Waals surface area (Å²) in [6, 6.07) is 12.1. The van der Waals surface area contributed by atoms with Gasteiger partial charge in [0.25, 0.3) is 0 Å². The van der Waals surface area contributed by atoms with Crippen molar-refractivity contribution < 1.29 is 13.2 Å². The molecule has 1 aliphatic rings. The van der Waals surface area contributed by atoms with Gasteiger partial charge in [0, 0.05) is 12.2 Å². The highest BCUT2D eigenvalue weighted by Crippen LogP contribution is 2.31. The zero-order chi connectivity index (χ0) is 21.2. The Labute approximate surface area is 172 Å². The molecule has 1 amide bonds. The topological polar surface area (TPSA) is 90.3 Å². The Morgan fingerprint density at radius 1 is 1.17 bits per heavy atom. The first-order chi connectivity index (χ1) is 13.7. The summed E-state index contributed by atoms with van der Waals surface area (Å²) in [4.78, 5) is 13.2. The summed E-state index contributed by atoms with van der Waals surface area (Å²) in [6.45, 7) is 5.85. The summed E-state index contributed by atoms with van der Waals surface area (Å²) in [5.41, 5.74) is 3.85. The number of carbonyl (C=O) groups excluding carboxylic acids is 1. The van der Waals surface area contributed by atoms with Crippen LogP contribution in [0.25, 0.3) is 0 Å². The highest BCUT2D eigenvalue weighted by molar-refractivity contribution is 7.89. The highest BCUT2D eigenvalue weighted by Gasteiger charge is 2.40. The fourth-order valence-corrected chi connectivity index (χ4v) is 6.08. The van der Waals surface area contributed by atoms with Gasteiger partial charge in [-0.25, -0.2) is 8.42 Å². The molecule has 0 aliphatic carbocycles. The largest absolute Gasteiger partial charge is 0.325 e. The maximum Gasteiger partial charge on any atom is 0.244 e. The van der Waals surface area contributed by atoms with Crippen LogP contribution < -0.4 is 5.32 Å². The molecule has 3 rings (SSSR count). The van der Waals surface area contributed by atoms with E-state index in [2.05, 4.69) is 11.4 Å². The summed E-state index contributed by atoms with van der Waals surface area (Å²) in [5, 5.41) is 11.6. The first kappa shape index (κ1) is 21.0. The van der Waals surface area contributed by atoms with Crippen molar-refractivity contribution in [1.29, 1.82) is 5.26 Å². The van der Waals surface area contributed by atoms with E-state index in [-0.39, 0.29) is 5.91 Å². The van der Waals surface area contributed by atoms with E-state index in [9.17, 15) is 13.2 Å². The third kappa shape index (κ3) is 4.34. The molecular formula is C22H25N3O3S. The number of nitrogens with zero attached hydrogens (tertiary/aromatic N) is 2. The van der Waals surface area contributed by atoms with Gasteiger partial charge in [-0.05, 0) is 62.4 Å². The van der Waals surface area contributed by atoms with E-state index in [1.54, 1.807) is 38.1 Å². The molecule has 7 heteroatoms. The van der Waals surface area contributed by atoms with Gasteiger partial charge in [-0.3, -0.25) is 4.79 Å². The van der Waals surface area contributed by atoms with E-state index in [4.69, 9.17) is 5.26 Å². The Bertz CT molecular complexity index is 1050. The zero-order valence-corrected chi connectivity index (χ0v) is 17.7. The highest BCUT2D eigenvalue weighted by atomic mass is 32.2. The molecule has 152 valence electrons. The molecule has 0 saturated carbocycles. The summed E-state index contributed by atoms with van der Waals surface area (Å²) in [5.74, 6) is -0.332. The maximum absolute atomic E-state index is 13.4. The van der Waals surface area contributed by atoms with Gasteiger partial charge >= 0.3 is 0 Å². The number of carbonyl (C=O) groups is 1. The quantitative estimate of drug-likeness (QED) is 0.816. The van der Waals surface area contributed by atoms with Gasteiger partial charge in [0.1, 0.15) is 6.04 Å². The lowest BCUT2D eigenvalue weighted by Gasteiger charge is -2.25. The van der Waals surface area contributed by atoms with Crippen molar-refractivity contribution in [1.82, 2.24) is 4.31 Å². The second kappa shape index (κ2) is 8.36. The summed E-state index contributed by atoms with van der Waals surface area (Å²) in [6.07, 6.45) is 1.43. The lowest BCUT2D eigenvalue weighted by molar-refractivity contribution is -0.119. The molecule has 1 unspecified atom stereocenters. The number of benzene rings is 2. The third-order valence-corrected chi connectivity index (χ3v) is 7.40. The van der Waals surface area contributed by atoms with Crippen LogP contribution in [0.4, 0.5) is 5.69 Å². The van der Waals surface area contributed by atoms with Crippen molar-refractivity contribution >= 4 is 21.6 Å². The zero-order valence-electron chi connectivity index (χ0n) is 16.9. The van der Waals surface area contributed by atoms with E-state index in [0.29, 0.717) is 47.5 Å². The van der Waals surface area contributed by atoms with Crippen LogP contribution in [0.5, 0.6) is 0 Å². The number of rotatable bonds is 5. The molecule has 1 heterocycles. The molecule has 0 radical (unpaired) electrons. The van der Waals surface area contributed by atoms with Crippen molar-refractivity contribution in [2.24, 2.45) is 0 Å². The van der Waals surface area contributed by atoms with Crippen molar-refractivity contribution in [3.8, 4) is 6.07 Å². The Kier molecular flexibility index (Phi) is 6.06. The van der Waals surface area contributed by atoms with E-state index < -0.39 is 16.1 Å². The van der Waals surface area contributed by atoms with E-state index in [1.165, 1.54) is 4.31 Å². The molecule has 1 atom stereocenters. The van der Waals surface area contributed by atoms with Gasteiger partial charge in [0.05, 0.1) is 17.4 Å². The van der Waals surface area contributed by atoms with Gasteiger partial charge in [0.15, 0.2) is 0 Å². The number of amides is 1. The molecule has 0 spiro atoms. The number of nitrogens with one attached hydrogen (secondary N) is 1. The Morgan fingerprint density at radius 3 is 2.38 bits per heavy atom. The van der Waals surface area contributed by atoms with Crippen LogP contribution in [0.2, 0.25) is 0 Å². The van der Waals surface area contributed by atoms with Gasteiger partial charge < -0.3 is 5.32 Å². The second-order valence-corrected chi connectivity index (χ2v) is 9.35. The van der Waals surface area contributed by atoms with Crippen LogP contribution in [0.1, 0.15) is 35.1 Å². The van der Waals surface area contributed by atoms with E-state index in [0.717, 1.165) is 11.1 Å². The van der Waals surface area contributed by atoms with Gasteiger partial charge in [-0.2, -0.15) is 9.57 Å².